The Balaban J connectivity index is 1.29. The first-order valence-electron chi connectivity index (χ1n) is 15.9. The fourth-order valence-corrected chi connectivity index (χ4v) is 7.66. The van der Waals surface area contributed by atoms with Crippen LogP contribution in [0, 0.1) is 0 Å². The van der Waals surface area contributed by atoms with Crippen molar-refractivity contribution in [3.63, 3.8) is 0 Å². The van der Waals surface area contributed by atoms with Crippen LogP contribution in [0.1, 0.15) is 0 Å². The lowest BCUT2D eigenvalue weighted by atomic mass is 9.92. The molecule has 0 atom stereocenters. The van der Waals surface area contributed by atoms with E-state index in [4.69, 9.17) is 0 Å². The van der Waals surface area contributed by atoms with Gasteiger partial charge in [-0.05, 0) is 93.3 Å². The van der Waals surface area contributed by atoms with Crippen LogP contribution in [-0.4, -0.2) is 9.13 Å². The van der Waals surface area contributed by atoms with E-state index in [1.807, 2.05) is 0 Å². The zero-order chi connectivity index (χ0) is 30.2. The summed E-state index contributed by atoms with van der Waals surface area (Å²) in [5.41, 5.74) is 9.71. The first-order valence-corrected chi connectivity index (χ1v) is 15.9. The first-order chi connectivity index (χ1) is 22.8. The number of rotatable bonds is 3. The number of para-hydroxylation sites is 4. The molecule has 2 nitrogen and oxygen atoms in total. The Morgan fingerprint density at radius 2 is 0.783 bits per heavy atom. The first kappa shape index (κ1) is 25.2. The molecule has 46 heavy (non-hydrogen) atoms. The molecule has 214 valence electrons. The van der Waals surface area contributed by atoms with Gasteiger partial charge in [-0.25, -0.2) is 0 Å². The third-order valence-corrected chi connectivity index (χ3v) is 9.66. The fourth-order valence-electron chi connectivity index (χ4n) is 7.66. The van der Waals surface area contributed by atoms with Crippen LogP contribution < -0.4 is 0 Å². The summed E-state index contributed by atoms with van der Waals surface area (Å²) in [4.78, 5) is 0. The van der Waals surface area contributed by atoms with Crippen molar-refractivity contribution in [1.82, 2.24) is 9.13 Å². The van der Waals surface area contributed by atoms with Gasteiger partial charge in [0.15, 0.2) is 0 Å². The van der Waals surface area contributed by atoms with Crippen LogP contribution in [0.15, 0.2) is 170 Å². The van der Waals surface area contributed by atoms with Crippen molar-refractivity contribution < 1.29 is 0 Å². The van der Waals surface area contributed by atoms with E-state index in [-0.39, 0.29) is 0 Å². The molecule has 0 bridgehead atoms. The van der Waals surface area contributed by atoms with Crippen molar-refractivity contribution in [3.8, 4) is 22.5 Å². The molecule has 8 aromatic carbocycles. The van der Waals surface area contributed by atoms with Crippen LogP contribution in [-0.2, 0) is 0 Å². The lowest BCUT2D eigenvalue weighted by Crippen LogP contribution is -1.94. The van der Waals surface area contributed by atoms with E-state index >= 15 is 0 Å². The molecule has 0 fully saturated rings. The summed E-state index contributed by atoms with van der Waals surface area (Å²) >= 11 is 0. The highest BCUT2D eigenvalue weighted by Crippen LogP contribution is 2.42. The van der Waals surface area contributed by atoms with Crippen molar-refractivity contribution in [2.45, 2.75) is 0 Å². The summed E-state index contributed by atoms with van der Waals surface area (Å²) in [6, 6.07) is 62.0. The number of hydrogen-bond donors (Lipinski definition) is 0. The highest BCUT2D eigenvalue weighted by Gasteiger charge is 2.17. The van der Waals surface area contributed by atoms with Crippen molar-refractivity contribution >= 4 is 65.2 Å². The van der Waals surface area contributed by atoms with Gasteiger partial charge in [-0.15, -0.1) is 0 Å². The summed E-state index contributed by atoms with van der Waals surface area (Å²) in [5, 5.41) is 10.1. The molecular formula is C44H28N2. The minimum atomic E-state index is 1.17. The van der Waals surface area contributed by atoms with E-state index in [0.29, 0.717) is 0 Å². The molecule has 0 spiro atoms. The summed E-state index contributed by atoms with van der Waals surface area (Å²) in [7, 11) is 0. The SMILES string of the molecule is c1ccc(-n2c3ccccc3c3ccc(-c4cc5cc6c7ccccc7n(-c7ccccc7)c6cc5c5ccccc45)cc32)cc1. The lowest BCUT2D eigenvalue weighted by Gasteiger charge is -2.14. The van der Waals surface area contributed by atoms with E-state index < -0.39 is 0 Å². The second kappa shape index (κ2) is 9.69. The van der Waals surface area contributed by atoms with E-state index in [1.54, 1.807) is 0 Å². The molecule has 10 aromatic rings. The molecule has 0 unspecified atom stereocenters. The maximum absolute atomic E-state index is 2.41. The zero-order valence-corrected chi connectivity index (χ0v) is 25.1. The van der Waals surface area contributed by atoms with Gasteiger partial charge < -0.3 is 9.13 Å². The molecule has 0 aliphatic heterocycles. The van der Waals surface area contributed by atoms with Crippen LogP contribution in [0.25, 0.3) is 87.7 Å². The monoisotopic (exact) mass is 584 g/mol. The predicted octanol–water partition coefficient (Wildman–Crippen LogP) is 11.9. The highest BCUT2D eigenvalue weighted by molar-refractivity contribution is 6.21. The van der Waals surface area contributed by atoms with E-state index in [2.05, 4.69) is 179 Å². The van der Waals surface area contributed by atoms with Gasteiger partial charge >= 0.3 is 0 Å². The minimum Gasteiger partial charge on any atom is -0.309 e. The van der Waals surface area contributed by atoms with Gasteiger partial charge in [0, 0.05) is 32.9 Å². The topological polar surface area (TPSA) is 9.86 Å². The average molecular weight is 585 g/mol. The van der Waals surface area contributed by atoms with Gasteiger partial charge in [-0.2, -0.15) is 0 Å². The van der Waals surface area contributed by atoms with Crippen LogP contribution in [0.4, 0.5) is 0 Å². The van der Waals surface area contributed by atoms with Gasteiger partial charge in [0.2, 0.25) is 0 Å². The largest absolute Gasteiger partial charge is 0.309 e. The second-order valence-corrected chi connectivity index (χ2v) is 12.2. The average Bonchev–Trinajstić information content (AvgIpc) is 3.63. The smallest absolute Gasteiger partial charge is 0.0547 e. The Labute approximate surface area is 266 Å². The molecular weight excluding hydrogens is 556 g/mol. The number of hydrogen-bond acceptors (Lipinski definition) is 0. The van der Waals surface area contributed by atoms with Crippen molar-refractivity contribution in [2.75, 3.05) is 0 Å². The van der Waals surface area contributed by atoms with Crippen LogP contribution in [0.3, 0.4) is 0 Å². The van der Waals surface area contributed by atoms with Crippen LogP contribution in [0.5, 0.6) is 0 Å². The minimum absolute atomic E-state index is 1.17. The molecule has 0 aliphatic carbocycles. The molecule has 2 aromatic heterocycles. The third kappa shape index (κ3) is 3.59. The van der Waals surface area contributed by atoms with Crippen molar-refractivity contribution in [1.29, 1.82) is 0 Å². The molecule has 0 radical (unpaired) electrons. The lowest BCUT2D eigenvalue weighted by molar-refractivity contribution is 1.18. The molecule has 0 saturated heterocycles. The van der Waals surface area contributed by atoms with Crippen molar-refractivity contribution in [3.05, 3.63) is 170 Å². The number of fused-ring (bicyclic) bond motifs is 9. The number of benzene rings is 8. The summed E-state index contributed by atoms with van der Waals surface area (Å²) < 4.78 is 4.81. The molecule has 0 saturated carbocycles. The normalized spacial score (nSPS) is 11.9. The van der Waals surface area contributed by atoms with Crippen LogP contribution >= 0.6 is 0 Å². The Morgan fingerprint density at radius 1 is 0.283 bits per heavy atom. The molecule has 2 heteroatoms. The van der Waals surface area contributed by atoms with Gasteiger partial charge in [0.1, 0.15) is 0 Å². The molecule has 0 aliphatic rings. The van der Waals surface area contributed by atoms with Gasteiger partial charge in [0.25, 0.3) is 0 Å². The predicted molar refractivity (Wildman–Crippen MR) is 196 cm³/mol. The Hall–Kier alpha value is -6.12. The Bertz CT molecular complexity index is 2780. The Kier molecular flexibility index (Phi) is 5.31. The summed E-state index contributed by atoms with van der Waals surface area (Å²) in [6.07, 6.45) is 0. The van der Waals surface area contributed by atoms with Crippen LogP contribution in [0.2, 0.25) is 0 Å². The van der Waals surface area contributed by atoms with Gasteiger partial charge in [-0.3, -0.25) is 0 Å². The maximum Gasteiger partial charge on any atom is 0.0547 e. The third-order valence-electron chi connectivity index (χ3n) is 9.66. The molecule has 0 amide bonds. The fraction of sp³-hybridized carbons (Fsp3) is 0. The summed E-state index contributed by atoms with van der Waals surface area (Å²) in [6.45, 7) is 0. The highest BCUT2D eigenvalue weighted by atomic mass is 15.0. The quantitative estimate of drug-likeness (QED) is 0.183. The van der Waals surface area contributed by atoms with Gasteiger partial charge in [0.05, 0.1) is 22.1 Å². The zero-order valence-electron chi connectivity index (χ0n) is 25.1. The second-order valence-electron chi connectivity index (χ2n) is 12.2. The van der Waals surface area contributed by atoms with E-state index in [9.17, 15) is 0 Å². The van der Waals surface area contributed by atoms with Crippen molar-refractivity contribution in [2.24, 2.45) is 0 Å². The maximum atomic E-state index is 2.41. The summed E-state index contributed by atoms with van der Waals surface area (Å²) in [5.74, 6) is 0. The molecule has 10 rings (SSSR count). The number of aromatic nitrogens is 2. The Morgan fingerprint density at radius 3 is 1.43 bits per heavy atom. The standard InChI is InChI=1S/C44H28N2/c1-3-13-31(14-4-1)45-41-21-11-9-19-35(41)37-24-23-29(27-43(37)45)38-25-30-26-40-36-20-10-12-22-42(36)46(32-15-5-2-6-16-32)44(40)28-39(30)34-18-8-7-17-33(34)38/h1-28H. The van der Waals surface area contributed by atoms with Gasteiger partial charge in [-0.1, -0.05) is 109 Å². The number of nitrogens with zero attached hydrogens (tertiary/aromatic N) is 2. The van der Waals surface area contributed by atoms with E-state index in [0.717, 1.165) is 0 Å². The van der Waals surface area contributed by atoms with E-state index in [1.165, 1.54) is 87.7 Å². The molecule has 0 N–H and O–H groups in total. The molecule has 2 heterocycles.